The van der Waals surface area contributed by atoms with Gasteiger partial charge in [0.2, 0.25) is 0 Å². The molecular formula is C16H23NO4. The molecule has 0 spiro atoms. The predicted molar refractivity (Wildman–Crippen MR) is 79.4 cm³/mol. The van der Waals surface area contributed by atoms with Crippen LogP contribution >= 0.6 is 0 Å². The molecule has 1 aliphatic heterocycles. The van der Waals surface area contributed by atoms with Crippen LogP contribution in [0.2, 0.25) is 0 Å². The topological polar surface area (TPSA) is 70.0 Å². The van der Waals surface area contributed by atoms with Crippen LogP contribution in [0.1, 0.15) is 30.9 Å². The summed E-state index contributed by atoms with van der Waals surface area (Å²) in [6, 6.07) is 7.47. The van der Waals surface area contributed by atoms with E-state index in [0.717, 1.165) is 37.2 Å². The van der Waals surface area contributed by atoms with E-state index in [1.165, 1.54) is 0 Å². The highest BCUT2D eigenvalue weighted by Crippen LogP contribution is 2.25. The van der Waals surface area contributed by atoms with Crippen LogP contribution in [0.25, 0.3) is 0 Å². The van der Waals surface area contributed by atoms with Crippen molar-refractivity contribution in [2.24, 2.45) is 5.92 Å². The molecule has 2 unspecified atom stereocenters. The van der Waals surface area contributed by atoms with E-state index in [2.05, 4.69) is 4.90 Å². The fourth-order valence-corrected chi connectivity index (χ4v) is 2.84. The number of methoxy groups -OCH3 is 1. The first-order valence-corrected chi connectivity index (χ1v) is 7.34. The van der Waals surface area contributed by atoms with Crippen LogP contribution < -0.4 is 4.74 Å². The number of hydrogen-bond donors (Lipinski definition) is 2. The van der Waals surface area contributed by atoms with Crippen LogP contribution in [0.5, 0.6) is 5.75 Å². The minimum Gasteiger partial charge on any atom is -0.497 e. The fourth-order valence-electron chi connectivity index (χ4n) is 2.84. The van der Waals surface area contributed by atoms with Gasteiger partial charge in [-0.05, 0) is 43.0 Å². The number of hydrogen-bond acceptors (Lipinski definition) is 4. The molecule has 1 aliphatic rings. The normalized spacial score (nSPS) is 20.4. The van der Waals surface area contributed by atoms with Crippen molar-refractivity contribution in [3.63, 3.8) is 0 Å². The lowest BCUT2D eigenvalue weighted by molar-refractivity contribution is -0.137. The third-order valence-corrected chi connectivity index (χ3v) is 4.05. The molecule has 2 rings (SSSR count). The Hall–Kier alpha value is -1.59. The fraction of sp³-hybridized carbons (Fsp3) is 0.562. The van der Waals surface area contributed by atoms with Crippen LogP contribution in [0.15, 0.2) is 24.3 Å². The van der Waals surface area contributed by atoms with Crippen molar-refractivity contribution in [2.45, 2.75) is 25.4 Å². The number of aliphatic carboxylic acids is 1. The number of rotatable bonds is 7. The summed E-state index contributed by atoms with van der Waals surface area (Å²) in [5.74, 6) is 0.441. The molecule has 0 bridgehead atoms. The maximum Gasteiger partial charge on any atom is 0.303 e. The van der Waals surface area contributed by atoms with E-state index in [0.29, 0.717) is 12.5 Å². The van der Waals surface area contributed by atoms with E-state index < -0.39 is 12.1 Å². The molecule has 1 heterocycles. The maximum atomic E-state index is 10.6. The number of benzene rings is 1. The highest BCUT2D eigenvalue weighted by molar-refractivity contribution is 5.66. The van der Waals surface area contributed by atoms with Gasteiger partial charge in [0.05, 0.1) is 13.2 Å². The zero-order valence-corrected chi connectivity index (χ0v) is 12.4. The third-order valence-electron chi connectivity index (χ3n) is 4.05. The molecule has 0 aliphatic carbocycles. The molecule has 5 heteroatoms. The second kappa shape index (κ2) is 7.43. The molecule has 21 heavy (non-hydrogen) atoms. The maximum absolute atomic E-state index is 10.6. The first-order chi connectivity index (χ1) is 10.1. The zero-order chi connectivity index (χ0) is 15.2. The van der Waals surface area contributed by atoms with Gasteiger partial charge in [-0.3, -0.25) is 4.79 Å². The van der Waals surface area contributed by atoms with Gasteiger partial charge in [-0.1, -0.05) is 12.1 Å². The number of carbonyl (C=O) groups is 1. The van der Waals surface area contributed by atoms with Crippen LogP contribution in [-0.4, -0.2) is 47.8 Å². The number of aliphatic hydroxyl groups is 1. The Morgan fingerprint density at radius 3 is 3.05 bits per heavy atom. The molecule has 1 saturated heterocycles. The second-order valence-corrected chi connectivity index (χ2v) is 5.64. The van der Waals surface area contributed by atoms with Crippen molar-refractivity contribution in [1.82, 2.24) is 4.90 Å². The van der Waals surface area contributed by atoms with E-state index in [4.69, 9.17) is 9.84 Å². The first-order valence-electron chi connectivity index (χ1n) is 7.34. The largest absolute Gasteiger partial charge is 0.497 e. The molecule has 0 amide bonds. The van der Waals surface area contributed by atoms with Gasteiger partial charge < -0.3 is 19.8 Å². The Bertz CT molecular complexity index is 477. The summed E-state index contributed by atoms with van der Waals surface area (Å²) in [4.78, 5) is 12.8. The molecule has 2 atom stereocenters. The summed E-state index contributed by atoms with van der Waals surface area (Å²) in [6.07, 6.45) is 1.43. The second-order valence-electron chi connectivity index (χ2n) is 5.64. The number of ether oxygens (including phenoxy) is 1. The SMILES string of the molecule is COc1cccc(C(O)CN2CCC(CCC(=O)O)C2)c1. The Balaban J connectivity index is 1.83. The molecule has 116 valence electrons. The van der Waals surface area contributed by atoms with Crippen LogP contribution in [0, 0.1) is 5.92 Å². The first kappa shape index (κ1) is 15.8. The van der Waals surface area contributed by atoms with Gasteiger partial charge in [0.15, 0.2) is 0 Å². The van der Waals surface area contributed by atoms with Gasteiger partial charge in [-0.15, -0.1) is 0 Å². The molecule has 0 saturated carbocycles. The number of carboxylic acid groups (broad SMARTS) is 1. The minimum absolute atomic E-state index is 0.233. The number of likely N-dealkylation sites (tertiary alicyclic amines) is 1. The number of carboxylic acids is 1. The predicted octanol–water partition coefficient (Wildman–Crippen LogP) is 1.92. The standard InChI is InChI=1S/C16H23NO4/c1-21-14-4-2-3-13(9-14)15(18)11-17-8-7-12(10-17)5-6-16(19)20/h2-4,9,12,15,18H,5-8,10-11H2,1H3,(H,19,20). The number of nitrogens with zero attached hydrogens (tertiary/aromatic N) is 1. The third kappa shape index (κ3) is 4.72. The summed E-state index contributed by atoms with van der Waals surface area (Å²) in [5.41, 5.74) is 0.850. The van der Waals surface area contributed by atoms with E-state index >= 15 is 0 Å². The monoisotopic (exact) mass is 293 g/mol. The minimum atomic E-state index is -0.732. The van der Waals surface area contributed by atoms with Crippen molar-refractivity contribution >= 4 is 5.97 Å². The van der Waals surface area contributed by atoms with Crippen molar-refractivity contribution < 1.29 is 19.7 Å². The molecule has 5 nitrogen and oxygen atoms in total. The highest BCUT2D eigenvalue weighted by atomic mass is 16.5. The summed E-state index contributed by atoms with van der Waals surface area (Å²) in [7, 11) is 1.61. The molecule has 1 fully saturated rings. The van der Waals surface area contributed by atoms with Crippen molar-refractivity contribution in [3.05, 3.63) is 29.8 Å². The van der Waals surface area contributed by atoms with Crippen molar-refractivity contribution in [2.75, 3.05) is 26.7 Å². The smallest absolute Gasteiger partial charge is 0.303 e. The Morgan fingerprint density at radius 2 is 2.33 bits per heavy atom. The van der Waals surface area contributed by atoms with E-state index in [-0.39, 0.29) is 6.42 Å². The highest BCUT2D eigenvalue weighted by Gasteiger charge is 2.24. The zero-order valence-electron chi connectivity index (χ0n) is 12.4. The molecule has 0 aromatic heterocycles. The van der Waals surface area contributed by atoms with Crippen molar-refractivity contribution in [1.29, 1.82) is 0 Å². The summed E-state index contributed by atoms with van der Waals surface area (Å²) in [5, 5.41) is 19.0. The summed E-state index contributed by atoms with van der Waals surface area (Å²) < 4.78 is 5.17. The van der Waals surface area contributed by atoms with Gasteiger partial charge in [-0.25, -0.2) is 0 Å². The molecule has 1 aromatic carbocycles. The van der Waals surface area contributed by atoms with Crippen LogP contribution in [-0.2, 0) is 4.79 Å². The lowest BCUT2D eigenvalue weighted by atomic mass is 10.0. The van der Waals surface area contributed by atoms with Gasteiger partial charge >= 0.3 is 5.97 Å². The Kier molecular flexibility index (Phi) is 5.59. The molecular weight excluding hydrogens is 270 g/mol. The lowest BCUT2D eigenvalue weighted by Crippen LogP contribution is -2.26. The summed E-state index contributed by atoms with van der Waals surface area (Å²) >= 11 is 0. The quantitative estimate of drug-likeness (QED) is 0.803. The average molecular weight is 293 g/mol. The number of aliphatic hydroxyl groups excluding tert-OH is 1. The van der Waals surface area contributed by atoms with E-state index in [1.54, 1.807) is 7.11 Å². The van der Waals surface area contributed by atoms with Gasteiger partial charge in [0, 0.05) is 19.5 Å². The van der Waals surface area contributed by atoms with Crippen molar-refractivity contribution in [3.8, 4) is 5.75 Å². The van der Waals surface area contributed by atoms with E-state index in [1.807, 2.05) is 24.3 Å². The summed E-state index contributed by atoms with van der Waals surface area (Å²) in [6.45, 7) is 2.37. The Labute approximate surface area is 125 Å². The molecule has 1 aromatic rings. The van der Waals surface area contributed by atoms with Gasteiger partial charge in [0.1, 0.15) is 5.75 Å². The van der Waals surface area contributed by atoms with E-state index in [9.17, 15) is 9.90 Å². The lowest BCUT2D eigenvalue weighted by Gasteiger charge is -2.20. The number of β-amino-alcohol motifs (C(OH)–C–C–N with tert-alkyl or cyclic N) is 1. The Morgan fingerprint density at radius 1 is 1.52 bits per heavy atom. The average Bonchev–Trinajstić information content (AvgIpc) is 2.92. The van der Waals surface area contributed by atoms with Crippen LogP contribution in [0.4, 0.5) is 0 Å². The van der Waals surface area contributed by atoms with Crippen LogP contribution in [0.3, 0.4) is 0 Å². The molecule has 0 radical (unpaired) electrons. The molecule has 2 N–H and O–H groups in total. The van der Waals surface area contributed by atoms with Gasteiger partial charge in [-0.2, -0.15) is 0 Å². The van der Waals surface area contributed by atoms with Gasteiger partial charge in [0.25, 0.3) is 0 Å².